The molecule has 0 unspecified atom stereocenters. The van der Waals surface area contributed by atoms with Crippen LogP contribution in [0.25, 0.3) is 0 Å². The number of nitrogens with zero attached hydrogens (tertiary/aromatic N) is 1. The third-order valence-electron chi connectivity index (χ3n) is 2.32. The first-order chi connectivity index (χ1) is 8.28. The van der Waals surface area contributed by atoms with E-state index in [1.807, 2.05) is 0 Å². The zero-order valence-electron chi connectivity index (χ0n) is 9.97. The highest BCUT2D eigenvalue weighted by Gasteiger charge is 2.23. The minimum absolute atomic E-state index is 0.159. The summed E-state index contributed by atoms with van der Waals surface area (Å²) in [4.78, 5) is 11.0. The third-order valence-corrected chi connectivity index (χ3v) is 4.12. The second kappa shape index (κ2) is 5.32. The lowest BCUT2D eigenvalue weighted by Gasteiger charge is -2.16. The number of nitrogens with one attached hydrogen (secondary N) is 1. The van der Waals surface area contributed by atoms with Gasteiger partial charge in [0.05, 0.1) is 17.1 Å². The van der Waals surface area contributed by atoms with Crippen molar-refractivity contribution in [1.82, 2.24) is 9.62 Å². The lowest BCUT2D eigenvalue weighted by molar-refractivity contribution is -0.120. The van der Waals surface area contributed by atoms with Crippen LogP contribution in [0.2, 0.25) is 0 Å². The van der Waals surface area contributed by atoms with Crippen molar-refractivity contribution >= 4 is 21.6 Å². The van der Waals surface area contributed by atoms with Gasteiger partial charge in [0, 0.05) is 14.1 Å². The Bertz CT molecular complexity index is 559. The summed E-state index contributed by atoms with van der Waals surface area (Å²) in [5.41, 5.74) is 5.05. The van der Waals surface area contributed by atoms with E-state index in [0.717, 1.165) is 22.5 Å². The summed E-state index contributed by atoms with van der Waals surface area (Å²) in [7, 11) is -1.20. The number of benzene rings is 1. The Kier molecular flexibility index (Phi) is 4.25. The molecule has 100 valence electrons. The molecule has 18 heavy (non-hydrogen) atoms. The second-order valence-corrected chi connectivity index (χ2v) is 5.66. The molecule has 0 saturated heterocycles. The molecule has 1 amide bonds. The molecule has 1 rings (SSSR count). The van der Waals surface area contributed by atoms with Crippen LogP contribution in [0, 0.1) is 5.82 Å². The van der Waals surface area contributed by atoms with E-state index in [-0.39, 0.29) is 17.1 Å². The molecule has 0 bridgehead atoms. The van der Waals surface area contributed by atoms with Gasteiger partial charge in [0.1, 0.15) is 5.82 Å². The number of nitrogen functional groups attached to an aromatic ring is 1. The van der Waals surface area contributed by atoms with Crippen molar-refractivity contribution in [2.45, 2.75) is 4.90 Å². The van der Waals surface area contributed by atoms with Crippen molar-refractivity contribution in [3.8, 4) is 0 Å². The van der Waals surface area contributed by atoms with E-state index in [1.165, 1.54) is 14.1 Å². The van der Waals surface area contributed by atoms with Crippen LogP contribution in [0.5, 0.6) is 0 Å². The number of carbonyl (C=O) groups is 1. The molecular formula is C10H14FN3O3S. The molecule has 0 saturated carbocycles. The normalized spacial score (nSPS) is 11.6. The number of likely N-dealkylation sites (N-methyl/N-ethyl adjacent to an activating group) is 2. The van der Waals surface area contributed by atoms with E-state index in [4.69, 9.17) is 5.73 Å². The summed E-state index contributed by atoms with van der Waals surface area (Å²) < 4.78 is 37.8. The molecule has 0 spiro atoms. The Morgan fingerprint density at radius 3 is 2.61 bits per heavy atom. The first-order valence-electron chi connectivity index (χ1n) is 5.01. The highest BCUT2D eigenvalue weighted by atomic mass is 32.2. The summed E-state index contributed by atoms with van der Waals surface area (Å²) in [5, 5.41) is 2.31. The monoisotopic (exact) mass is 275 g/mol. The Balaban J connectivity index is 3.05. The maximum absolute atomic E-state index is 13.0. The summed E-state index contributed by atoms with van der Waals surface area (Å²) in [5.74, 6) is -1.14. The van der Waals surface area contributed by atoms with Crippen molar-refractivity contribution < 1.29 is 17.6 Å². The van der Waals surface area contributed by atoms with Crippen molar-refractivity contribution in [3.63, 3.8) is 0 Å². The molecule has 0 heterocycles. The Morgan fingerprint density at radius 2 is 2.11 bits per heavy atom. The number of anilines is 1. The van der Waals surface area contributed by atoms with Gasteiger partial charge in [0.2, 0.25) is 15.9 Å². The topological polar surface area (TPSA) is 92.5 Å². The van der Waals surface area contributed by atoms with Crippen LogP contribution in [0.15, 0.2) is 23.1 Å². The molecule has 0 atom stereocenters. The summed E-state index contributed by atoms with van der Waals surface area (Å²) in [6.45, 7) is -0.323. The Morgan fingerprint density at radius 1 is 1.50 bits per heavy atom. The molecule has 0 aromatic heterocycles. The highest BCUT2D eigenvalue weighted by Crippen LogP contribution is 2.19. The van der Waals surface area contributed by atoms with Gasteiger partial charge in [-0.1, -0.05) is 0 Å². The molecule has 0 aliphatic rings. The van der Waals surface area contributed by atoms with Gasteiger partial charge in [-0.25, -0.2) is 12.8 Å². The minimum Gasteiger partial charge on any atom is -0.396 e. The quantitative estimate of drug-likeness (QED) is 0.743. The second-order valence-electron chi connectivity index (χ2n) is 3.62. The number of sulfonamides is 1. The average Bonchev–Trinajstić information content (AvgIpc) is 2.32. The van der Waals surface area contributed by atoms with Gasteiger partial charge in [-0.15, -0.1) is 0 Å². The number of amides is 1. The molecule has 6 nitrogen and oxygen atoms in total. The fourth-order valence-electron chi connectivity index (χ4n) is 1.23. The van der Waals surface area contributed by atoms with Crippen molar-refractivity contribution in [2.24, 2.45) is 0 Å². The molecule has 8 heteroatoms. The van der Waals surface area contributed by atoms with Gasteiger partial charge < -0.3 is 11.1 Å². The number of nitrogens with two attached hydrogens (primary N) is 1. The molecule has 1 aromatic carbocycles. The number of hydrogen-bond donors (Lipinski definition) is 2. The molecule has 0 aliphatic carbocycles. The number of hydrogen-bond acceptors (Lipinski definition) is 4. The highest BCUT2D eigenvalue weighted by molar-refractivity contribution is 7.89. The first-order valence-corrected chi connectivity index (χ1v) is 6.45. The zero-order valence-corrected chi connectivity index (χ0v) is 10.8. The minimum atomic E-state index is -3.86. The fourth-order valence-corrected chi connectivity index (χ4v) is 2.39. The first kappa shape index (κ1) is 14.4. The maximum Gasteiger partial charge on any atom is 0.243 e. The lowest BCUT2D eigenvalue weighted by atomic mass is 10.3. The van der Waals surface area contributed by atoms with Gasteiger partial charge in [0.15, 0.2) is 0 Å². The molecule has 0 aliphatic heterocycles. The predicted molar refractivity (Wildman–Crippen MR) is 64.7 cm³/mol. The van der Waals surface area contributed by atoms with Crippen LogP contribution in [-0.4, -0.2) is 39.3 Å². The van der Waals surface area contributed by atoms with Gasteiger partial charge in [-0.05, 0) is 18.2 Å². The lowest BCUT2D eigenvalue weighted by Crippen LogP contribution is -2.36. The molecule has 1 aromatic rings. The molecular weight excluding hydrogens is 261 g/mol. The van der Waals surface area contributed by atoms with E-state index >= 15 is 0 Å². The van der Waals surface area contributed by atoms with Gasteiger partial charge in [-0.3, -0.25) is 4.79 Å². The van der Waals surface area contributed by atoms with Crippen molar-refractivity contribution in [3.05, 3.63) is 24.0 Å². The van der Waals surface area contributed by atoms with Gasteiger partial charge in [-0.2, -0.15) is 4.31 Å². The van der Waals surface area contributed by atoms with E-state index < -0.39 is 21.7 Å². The van der Waals surface area contributed by atoms with Crippen LogP contribution < -0.4 is 11.1 Å². The predicted octanol–water partition coefficient (Wildman–Crippen LogP) is -0.226. The van der Waals surface area contributed by atoms with Crippen LogP contribution in [-0.2, 0) is 14.8 Å². The number of carbonyl (C=O) groups excluding carboxylic acids is 1. The Labute approximate surface area is 105 Å². The summed E-state index contributed by atoms with van der Waals surface area (Å²) >= 11 is 0. The molecule has 0 radical (unpaired) electrons. The summed E-state index contributed by atoms with van der Waals surface area (Å²) in [6, 6.07) is 3.09. The largest absolute Gasteiger partial charge is 0.396 e. The van der Waals surface area contributed by atoms with Gasteiger partial charge >= 0.3 is 0 Å². The zero-order chi connectivity index (χ0) is 13.9. The van der Waals surface area contributed by atoms with Crippen molar-refractivity contribution in [2.75, 3.05) is 26.4 Å². The molecule has 3 N–H and O–H groups in total. The van der Waals surface area contributed by atoms with Crippen LogP contribution in [0.4, 0.5) is 10.1 Å². The summed E-state index contributed by atoms with van der Waals surface area (Å²) in [6.07, 6.45) is 0. The number of rotatable bonds is 4. The van der Waals surface area contributed by atoms with E-state index in [1.54, 1.807) is 0 Å². The molecule has 0 fully saturated rings. The van der Waals surface area contributed by atoms with Crippen LogP contribution in [0.3, 0.4) is 0 Å². The fraction of sp³-hybridized carbons (Fsp3) is 0.300. The standard InChI is InChI=1S/C10H14FN3O3S/c1-13-10(15)6-14(2)18(16,17)7-3-4-8(11)9(12)5-7/h3-5H,6,12H2,1-2H3,(H,13,15). The van der Waals surface area contributed by atoms with Crippen LogP contribution in [0.1, 0.15) is 0 Å². The smallest absolute Gasteiger partial charge is 0.243 e. The van der Waals surface area contributed by atoms with E-state index in [2.05, 4.69) is 5.32 Å². The van der Waals surface area contributed by atoms with Crippen molar-refractivity contribution in [1.29, 1.82) is 0 Å². The SMILES string of the molecule is CNC(=O)CN(C)S(=O)(=O)c1ccc(F)c(N)c1. The maximum atomic E-state index is 13.0. The Hall–Kier alpha value is -1.67. The van der Waals surface area contributed by atoms with Crippen LogP contribution >= 0.6 is 0 Å². The van der Waals surface area contributed by atoms with E-state index in [0.29, 0.717) is 0 Å². The average molecular weight is 275 g/mol. The third kappa shape index (κ3) is 2.96. The number of halogens is 1. The van der Waals surface area contributed by atoms with Gasteiger partial charge in [0.25, 0.3) is 0 Å². The van der Waals surface area contributed by atoms with E-state index in [9.17, 15) is 17.6 Å².